The fourth-order valence-corrected chi connectivity index (χ4v) is 6.78. The van der Waals surface area contributed by atoms with Crippen molar-refractivity contribution in [2.45, 2.75) is 181 Å². The molecule has 1 aromatic rings. The van der Waals surface area contributed by atoms with Gasteiger partial charge in [0, 0.05) is 0 Å². The minimum absolute atomic E-state index is 0.0337. The molecule has 0 radical (unpaired) electrons. The molecule has 0 aliphatic heterocycles. The Morgan fingerprint density at radius 1 is 0.683 bits per heavy atom. The molecule has 0 bridgehead atoms. The van der Waals surface area contributed by atoms with E-state index in [0.717, 1.165) is 34.6 Å². The van der Waals surface area contributed by atoms with Crippen molar-refractivity contribution in [1.82, 2.24) is 0 Å². The second kappa shape index (κ2) is 20.7. The van der Waals surface area contributed by atoms with Crippen molar-refractivity contribution < 1.29 is 15.0 Å². The third kappa shape index (κ3) is 16.9. The van der Waals surface area contributed by atoms with E-state index in [-0.39, 0.29) is 23.2 Å². The van der Waals surface area contributed by atoms with Gasteiger partial charge in [-0.05, 0) is 57.8 Å². The number of rotatable bonds is 23. The van der Waals surface area contributed by atoms with E-state index >= 15 is 0 Å². The normalized spacial score (nSPS) is 13.0. The summed E-state index contributed by atoms with van der Waals surface area (Å²) in [5, 5.41) is 20.7. The predicted octanol–water partition coefficient (Wildman–Crippen LogP) is 11.9. The van der Waals surface area contributed by atoms with Gasteiger partial charge in [-0.15, -0.1) is 0 Å². The lowest BCUT2D eigenvalue weighted by molar-refractivity contribution is -0.137. The molecule has 1 unspecified atom stereocenters. The minimum atomic E-state index is -0.750. The van der Waals surface area contributed by atoms with Crippen LogP contribution in [0.3, 0.4) is 0 Å². The van der Waals surface area contributed by atoms with Crippen molar-refractivity contribution in [1.29, 1.82) is 0 Å². The summed E-state index contributed by atoms with van der Waals surface area (Å²) in [5.41, 5.74) is 2.46. The second-order valence-corrected chi connectivity index (χ2v) is 15.7. The zero-order valence-corrected chi connectivity index (χ0v) is 28.9. The SMILES string of the molecule is CCCCCCCCCCCCCCCCCCSCCC(CC(=O)O)c1cc(C(C)(C)C)c(O)c(C(C)(C)C)c1. The fourth-order valence-electron chi connectivity index (χ4n) is 5.71. The number of carboxylic acid groups (broad SMARTS) is 1. The van der Waals surface area contributed by atoms with E-state index in [1.54, 1.807) is 0 Å². The number of benzene rings is 1. The van der Waals surface area contributed by atoms with Crippen LogP contribution in [0.1, 0.15) is 187 Å². The number of unbranched alkanes of at least 4 members (excludes halogenated alkanes) is 15. The number of aromatic hydroxyl groups is 1. The van der Waals surface area contributed by atoms with Crippen LogP contribution in [0.5, 0.6) is 5.75 Å². The lowest BCUT2D eigenvalue weighted by Gasteiger charge is -2.29. The maximum absolute atomic E-state index is 11.8. The number of phenolic OH excluding ortho intramolecular Hbond substituents is 1. The number of phenols is 1. The van der Waals surface area contributed by atoms with E-state index in [2.05, 4.69) is 60.6 Å². The van der Waals surface area contributed by atoms with Crippen molar-refractivity contribution in [3.8, 4) is 5.75 Å². The molecule has 238 valence electrons. The molecule has 2 N–H and O–H groups in total. The van der Waals surface area contributed by atoms with E-state index in [1.807, 2.05) is 11.8 Å². The zero-order chi connectivity index (χ0) is 30.7. The lowest BCUT2D eigenvalue weighted by atomic mass is 9.76. The molecule has 0 spiro atoms. The molecule has 0 saturated heterocycles. The number of hydrogen-bond donors (Lipinski definition) is 2. The van der Waals surface area contributed by atoms with Gasteiger partial charge < -0.3 is 10.2 Å². The van der Waals surface area contributed by atoms with Crippen LogP contribution in [0.4, 0.5) is 0 Å². The molecule has 41 heavy (non-hydrogen) atoms. The van der Waals surface area contributed by atoms with E-state index in [4.69, 9.17) is 0 Å². The van der Waals surface area contributed by atoms with Crippen LogP contribution in [-0.2, 0) is 15.6 Å². The topological polar surface area (TPSA) is 57.5 Å². The molecule has 1 rings (SSSR count). The fraction of sp³-hybridized carbons (Fsp3) is 0.811. The van der Waals surface area contributed by atoms with E-state index in [0.29, 0.717) is 5.75 Å². The summed E-state index contributed by atoms with van der Waals surface area (Å²) in [6, 6.07) is 4.14. The Morgan fingerprint density at radius 2 is 1.07 bits per heavy atom. The van der Waals surface area contributed by atoms with Gasteiger partial charge in [-0.25, -0.2) is 0 Å². The first kappa shape index (κ1) is 37.9. The zero-order valence-electron chi connectivity index (χ0n) is 28.1. The van der Waals surface area contributed by atoms with Gasteiger partial charge >= 0.3 is 5.97 Å². The molecular formula is C37H66O3S. The summed E-state index contributed by atoms with van der Waals surface area (Å²) >= 11 is 1.97. The van der Waals surface area contributed by atoms with Crippen molar-refractivity contribution in [2.24, 2.45) is 0 Å². The van der Waals surface area contributed by atoms with Gasteiger partial charge in [0.1, 0.15) is 5.75 Å². The largest absolute Gasteiger partial charge is 0.507 e. The first-order chi connectivity index (χ1) is 19.4. The molecule has 0 saturated carbocycles. The highest BCUT2D eigenvalue weighted by atomic mass is 32.2. The molecule has 0 amide bonds. The molecule has 1 aromatic carbocycles. The first-order valence-electron chi connectivity index (χ1n) is 17.0. The van der Waals surface area contributed by atoms with Crippen LogP contribution in [0.25, 0.3) is 0 Å². The van der Waals surface area contributed by atoms with Gasteiger partial charge in [0.05, 0.1) is 6.42 Å². The van der Waals surface area contributed by atoms with Gasteiger partial charge in [0.15, 0.2) is 0 Å². The molecule has 3 nitrogen and oxygen atoms in total. The number of thioether (sulfide) groups is 1. The standard InChI is InChI=1S/C37H66O3S/c1-8-9-10-11-12-13-14-15-16-17-18-19-20-21-22-23-25-41-26-24-30(29-34(38)39)31-27-32(36(2,3)4)35(40)33(28-31)37(5,6)7/h27-28,30,40H,8-26,29H2,1-7H3,(H,38,39). The van der Waals surface area contributed by atoms with Crippen molar-refractivity contribution >= 4 is 17.7 Å². The van der Waals surface area contributed by atoms with Crippen LogP contribution in [0.15, 0.2) is 12.1 Å². The van der Waals surface area contributed by atoms with Crippen LogP contribution in [0, 0.1) is 0 Å². The summed E-state index contributed by atoms with van der Waals surface area (Å²) in [7, 11) is 0. The number of hydrogen-bond acceptors (Lipinski definition) is 3. The summed E-state index contributed by atoms with van der Waals surface area (Å²) in [6.07, 6.45) is 23.3. The van der Waals surface area contributed by atoms with Gasteiger partial charge in [-0.2, -0.15) is 11.8 Å². The van der Waals surface area contributed by atoms with E-state index in [1.165, 1.54) is 103 Å². The molecule has 0 aliphatic carbocycles. The highest BCUT2D eigenvalue weighted by Gasteiger charge is 2.28. The van der Waals surface area contributed by atoms with Gasteiger partial charge in [-0.3, -0.25) is 4.79 Å². The Bertz CT molecular complexity index is 799. The quantitative estimate of drug-likeness (QED) is 0.124. The molecule has 0 aromatic heterocycles. The maximum Gasteiger partial charge on any atom is 0.303 e. The monoisotopic (exact) mass is 590 g/mol. The highest BCUT2D eigenvalue weighted by molar-refractivity contribution is 7.99. The van der Waals surface area contributed by atoms with Crippen LogP contribution >= 0.6 is 11.8 Å². The third-order valence-corrected chi connectivity index (χ3v) is 9.50. The summed E-state index contributed by atoms with van der Waals surface area (Å²) in [4.78, 5) is 11.8. The minimum Gasteiger partial charge on any atom is -0.507 e. The Morgan fingerprint density at radius 3 is 1.44 bits per heavy atom. The van der Waals surface area contributed by atoms with Crippen molar-refractivity contribution in [2.75, 3.05) is 11.5 Å². The lowest BCUT2D eigenvalue weighted by Crippen LogP contribution is -2.19. The Hall–Kier alpha value is -1.16. The third-order valence-electron chi connectivity index (χ3n) is 8.39. The Labute approximate surface area is 259 Å². The van der Waals surface area contributed by atoms with Crippen LogP contribution < -0.4 is 0 Å². The number of aliphatic carboxylic acids is 1. The molecular weight excluding hydrogens is 524 g/mol. The maximum atomic E-state index is 11.8. The molecule has 0 aliphatic rings. The van der Waals surface area contributed by atoms with Gasteiger partial charge in [0.2, 0.25) is 0 Å². The highest BCUT2D eigenvalue weighted by Crippen LogP contribution is 2.42. The van der Waals surface area contributed by atoms with Gasteiger partial charge in [0.25, 0.3) is 0 Å². The Balaban J connectivity index is 2.31. The van der Waals surface area contributed by atoms with E-state index in [9.17, 15) is 15.0 Å². The average molecular weight is 591 g/mol. The summed E-state index contributed by atoms with van der Waals surface area (Å²) < 4.78 is 0. The molecule has 4 heteroatoms. The average Bonchev–Trinajstić information content (AvgIpc) is 2.88. The smallest absolute Gasteiger partial charge is 0.303 e. The summed E-state index contributed by atoms with van der Waals surface area (Å²) in [5.74, 6) is 1.72. The van der Waals surface area contributed by atoms with Crippen LogP contribution in [0.2, 0.25) is 0 Å². The summed E-state index contributed by atoms with van der Waals surface area (Å²) in [6.45, 7) is 14.9. The van der Waals surface area contributed by atoms with Crippen molar-refractivity contribution in [3.05, 3.63) is 28.8 Å². The first-order valence-corrected chi connectivity index (χ1v) is 18.2. The Kier molecular flexibility index (Phi) is 19.1. The number of carbonyl (C=O) groups is 1. The van der Waals surface area contributed by atoms with E-state index < -0.39 is 5.97 Å². The molecule has 0 fully saturated rings. The second-order valence-electron chi connectivity index (χ2n) is 14.5. The molecule has 0 heterocycles. The van der Waals surface area contributed by atoms with Crippen molar-refractivity contribution in [3.63, 3.8) is 0 Å². The predicted molar refractivity (Wildman–Crippen MR) is 182 cm³/mol. The number of carboxylic acids is 1. The van der Waals surface area contributed by atoms with Gasteiger partial charge in [-0.1, -0.05) is 157 Å². The van der Waals surface area contributed by atoms with Crippen LogP contribution in [-0.4, -0.2) is 27.7 Å². The molecule has 1 atom stereocenters.